The van der Waals surface area contributed by atoms with Crippen molar-refractivity contribution in [2.24, 2.45) is 0 Å². The van der Waals surface area contributed by atoms with Crippen molar-refractivity contribution in [3.8, 4) is 0 Å². The molecule has 0 unspecified atom stereocenters. The first kappa shape index (κ1) is 9.80. The summed E-state index contributed by atoms with van der Waals surface area (Å²) in [4.78, 5) is 14.1. The van der Waals surface area contributed by atoms with E-state index in [-0.39, 0.29) is 12.5 Å². The smallest absolute Gasteiger partial charge is 0.252 e. The van der Waals surface area contributed by atoms with Crippen LogP contribution in [0.3, 0.4) is 0 Å². The van der Waals surface area contributed by atoms with Gasteiger partial charge >= 0.3 is 0 Å². The Bertz CT molecular complexity index is 272. The molecule has 72 valence electrons. The van der Waals surface area contributed by atoms with Crippen LogP contribution in [-0.2, 0) is 0 Å². The Labute approximate surface area is 77.0 Å². The van der Waals surface area contributed by atoms with E-state index >= 15 is 0 Å². The molecular weight excluding hydrogens is 168 g/mol. The lowest BCUT2D eigenvalue weighted by molar-refractivity contribution is 0.0694. The molecule has 1 heterocycles. The molecule has 0 aliphatic rings. The Kier molecular flexibility index (Phi) is 2.72. The van der Waals surface area contributed by atoms with E-state index in [9.17, 15) is 9.90 Å². The summed E-state index contributed by atoms with van der Waals surface area (Å²) < 4.78 is 0. The van der Waals surface area contributed by atoms with Gasteiger partial charge in [-0.1, -0.05) is 0 Å². The number of carbonyl (C=O) groups excluding carboxylic acids is 1. The summed E-state index contributed by atoms with van der Waals surface area (Å²) in [6, 6.07) is 1.68. The lowest BCUT2D eigenvalue weighted by atomic mass is 10.1. The second-order valence-corrected chi connectivity index (χ2v) is 3.59. The number of aromatic amines is 1. The SMILES string of the molecule is CC(C)(O)CNC(=O)c1cc[nH]c1. The predicted molar refractivity (Wildman–Crippen MR) is 49.4 cm³/mol. The molecule has 0 aliphatic heterocycles. The molecule has 0 bridgehead atoms. The quantitative estimate of drug-likeness (QED) is 0.638. The molecule has 0 aromatic carbocycles. The van der Waals surface area contributed by atoms with Crippen LogP contribution in [0.5, 0.6) is 0 Å². The van der Waals surface area contributed by atoms with Crippen molar-refractivity contribution in [3.63, 3.8) is 0 Å². The van der Waals surface area contributed by atoms with Gasteiger partial charge in [-0.2, -0.15) is 0 Å². The minimum Gasteiger partial charge on any atom is -0.389 e. The molecule has 4 nitrogen and oxygen atoms in total. The van der Waals surface area contributed by atoms with E-state index in [0.717, 1.165) is 0 Å². The molecule has 1 aromatic heterocycles. The molecule has 0 atom stereocenters. The Morgan fingerprint density at radius 1 is 1.69 bits per heavy atom. The average molecular weight is 182 g/mol. The Morgan fingerprint density at radius 2 is 2.38 bits per heavy atom. The molecule has 0 aliphatic carbocycles. The summed E-state index contributed by atoms with van der Waals surface area (Å²) in [5.41, 5.74) is -0.296. The first-order valence-electron chi connectivity index (χ1n) is 4.12. The molecule has 1 aromatic rings. The zero-order chi connectivity index (χ0) is 9.90. The topological polar surface area (TPSA) is 65.1 Å². The van der Waals surface area contributed by atoms with Crippen LogP contribution < -0.4 is 5.32 Å². The van der Waals surface area contributed by atoms with Gasteiger partial charge < -0.3 is 15.4 Å². The van der Waals surface area contributed by atoms with Crippen LogP contribution in [-0.4, -0.2) is 28.1 Å². The highest BCUT2D eigenvalue weighted by Crippen LogP contribution is 2.00. The lowest BCUT2D eigenvalue weighted by Gasteiger charge is -2.17. The molecule has 1 amide bonds. The van der Waals surface area contributed by atoms with Gasteiger partial charge in [0.2, 0.25) is 0 Å². The van der Waals surface area contributed by atoms with E-state index in [0.29, 0.717) is 5.56 Å². The number of rotatable bonds is 3. The van der Waals surface area contributed by atoms with E-state index in [1.54, 1.807) is 32.3 Å². The zero-order valence-corrected chi connectivity index (χ0v) is 7.79. The molecule has 4 heteroatoms. The maximum absolute atomic E-state index is 11.3. The van der Waals surface area contributed by atoms with Crippen LogP contribution in [0.2, 0.25) is 0 Å². The van der Waals surface area contributed by atoms with Gasteiger partial charge in [-0.05, 0) is 19.9 Å². The van der Waals surface area contributed by atoms with Crippen molar-refractivity contribution in [2.75, 3.05) is 6.54 Å². The van der Waals surface area contributed by atoms with E-state index in [1.807, 2.05) is 0 Å². The van der Waals surface area contributed by atoms with Crippen molar-refractivity contribution in [3.05, 3.63) is 24.0 Å². The normalized spacial score (nSPS) is 11.3. The van der Waals surface area contributed by atoms with Crippen LogP contribution in [0.1, 0.15) is 24.2 Å². The van der Waals surface area contributed by atoms with Crippen LogP contribution in [0.15, 0.2) is 18.5 Å². The summed E-state index contributed by atoms with van der Waals surface area (Å²) >= 11 is 0. The Hall–Kier alpha value is -1.29. The standard InChI is InChI=1S/C9H14N2O2/c1-9(2,13)6-11-8(12)7-3-4-10-5-7/h3-5,10,13H,6H2,1-2H3,(H,11,12). The van der Waals surface area contributed by atoms with Crippen LogP contribution in [0, 0.1) is 0 Å². The van der Waals surface area contributed by atoms with Crippen molar-refractivity contribution < 1.29 is 9.90 Å². The van der Waals surface area contributed by atoms with Crippen molar-refractivity contribution in [1.29, 1.82) is 0 Å². The Balaban J connectivity index is 2.44. The molecule has 0 saturated carbocycles. The summed E-state index contributed by atoms with van der Waals surface area (Å²) in [6.07, 6.45) is 3.29. The van der Waals surface area contributed by atoms with Crippen molar-refractivity contribution >= 4 is 5.91 Å². The number of H-pyrrole nitrogens is 1. The summed E-state index contributed by atoms with van der Waals surface area (Å²) in [5.74, 6) is -0.177. The third kappa shape index (κ3) is 3.29. The Morgan fingerprint density at radius 3 is 2.85 bits per heavy atom. The highest BCUT2D eigenvalue weighted by molar-refractivity contribution is 5.93. The molecule has 3 N–H and O–H groups in total. The first-order valence-corrected chi connectivity index (χ1v) is 4.12. The third-order valence-electron chi connectivity index (χ3n) is 1.54. The molecular formula is C9H14N2O2. The van der Waals surface area contributed by atoms with E-state index in [1.165, 1.54) is 0 Å². The third-order valence-corrected chi connectivity index (χ3v) is 1.54. The lowest BCUT2D eigenvalue weighted by Crippen LogP contribution is -2.38. The minimum atomic E-state index is -0.869. The number of amides is 1. The zero-order valence-electron chi connectivity index (χ0n) is 7.79. The largest absolute Gasteiger partial charge is 0.389 e. The fourth-order valence-corrected chi connectivity index (χ4v) is 0.864. The predicted octanol–water partition coefficient (Wildman–Crippen LogP) is 0.515. The van der Waals surface area contributed by atoms with Gasteiger partial charge in [0.1, 0.15) is 0 Å². The maximum atomic E-state index is 11.3. The van der Waals surface area contributed by atoms with Gasteiger partial charge in [0.25, 0.3) is 5.91 Å². The molecule has 0 spiro atoms. The molecule has 0 fully saturated rings. The first-order chi connectivity index (χ1) is 5.99. The van der Waals surface area contributed by atoms with Gasteiger partial charge in [-0.25, -0.2) is 0 Å². The van der Waals surface area contributed by atoms with Gasteiger partial charge in [-0.15, -0.1) is 0 Å². The second kappa shape index (κ2) is 3.62. The number of hydrogen-bond donors (Lipinski definition) is 3. The van der Waals surface area contributed by atoms with Gasteiger partial charge in [0.15, 0.2) is 0 Å². The average Bonchev–Trinajstić information content (AvgIpc) is 2.50. The summed E-state index contributed by atoms with van der Waals surface area (Å²) in [5, 5.41) is 12.0. The monoisotopic (exact) mass is 182 g/mol. The van der Waals surface area contributed by atoms with Gasteiger partial charge in [0.05, 0.1) is 11.2 Å². The van der Waals surface area contributed by atoms with E-state index in [4.69, 9.17) is 0 Å². The molecule has 0 saturated heterocycles. The van der Waals surface area contributed by atoms with Crippen LogP contribution in [0.4, 0.5) is 0 Å². The number of aliphatic hydroxyl groups is 1. The summed E-state index contributed by atoms with van der Waals surface area (Å²) in [6.45, 7) is 3.53. The van der Waals surface area contributed by atoms with Crippen molar-refractivity contribution in [1.82, 2.24) is 10.3 Å². The second-order valence-electron chi connectivity index (χ2n) is 3.59. The fraction of sp³-hybridized carbons (Fsp3) is 0.444. The van der Waals surface area contributed by atoms with Gasteiger partial charge in [-0.3, -0.25) is 4.79 Å². The molecule has 0 radical (unpaired) electrons. The maximum Gasteiger partial charge on any atom is 0.252 e. The van der Waals surface area contributed by atoms with E-state index < -0.39 is 5.60 Å². The number of nitrogens with one attached hydrogen (secondary N) is 2. The number of aromatic nitrogens is 1. The summed E-state index contributed by atoms with van der Waals surface area (Å²) in [7, 11) is 0. The van der Waals surface area contributed by atoms with Crippen LogP contribution in [0.25, 0.3) is 0 Å². The number of carbonyl (C=O) groups is 1. The highest BCUT2D eigenvalue weighted by Gasteiger charge is 2.14. The highest BCUT2D eigenvalue weighted by atomic mass is 16.3. The molecule has 13 heavy (non-hydrogen) atoms. The van der Waals surface area contributed by atoms with Crippen LogP contribution >= 0.6 is 0 Å². The fourth-order valence-electron chi connectivity index (χ4n) is 0.864. The minimum absolute atomic E-state index is 0.177. The number of hydrogen-bond acceptors (Lipinski definition) is 2. The van der Waals surface area contributed by atoms with Crippen molar-refractivity contribution in [2.45, 2.75) is 19.4 Å². The molecule has 1 rings (SSSR count). The van der Waals surface area contributed by atoms with E-state index in [2.05, 4.69) is 10.3 Å². The van der Waals surface area contributed by atoms with Gasteiger partial charge in [0, 0.05) is 18.9 Å².